The van der Waals surface area contributed by atoms with Crippen LogP contribution in [0, 0.1) is 18.8 Å². The number of sulfonamides is 1. The van der Waals surface area contributed by atoms with Gasteiger partial charge in [-0.2, -0.15) is 4.80 Å². The first-order chi connectivity index (χ1) is 12.4. The summed E-state index contributed by atoms with van der Waals surface area (Å²) in [6.07, 6.45) is 7.26. The molecule has 0 spiro atoms. The summed E-state index contributed by atoms with van der Waals surface area (Å²) in [5.74, 6) is 1.03. The summed E-state index contributed by atoms with van der Waals surface area (Å²) in [5, 5.41) is 12.4. The van der Waals surface area contributed by atoms with Crippen molar-refractivity contribution in [2.24, 2.45) is 11.8 Å². The highest BCUT2D eigenvalue weighted by molar-refractivity contribution is 7.89. The summed E-state index contributed by atoms with van der Waals surface area (Å²) in [6, 6.07) is 7.11. The van der Waals surface area contributed by atoms with Gasteiger partial charge < -0.3 is 0 Å². The number of hydrogen-bond acceptors (Lipinski definition) is 5. The quantitative estimate of drug-likeness (QED) is 0.885. The fourth-order valence-corrected chi connectivity index (χ4v) is 7.60. The molecule has 0 aliphatic heterocycles. The molecule has 138 valence electrons. The van der Waals surface area contributed by atoms with Crippen LogP contribution in [0.3, 0.4) is 0 Å². The van der Waals surface area contributed by atoms with Gasteiger partial charge in [0.05, 0.1) is 10.4 Å². The molecule has 1 aromatic heterocycles. The van der Waals surface area contributed by atoms with Gasteiger partial charge in [-0.1, -0.05) is 12.1 Å². The van der Waals surface area contributed by atoms with Crippen LogP contribution in [0.4, 0.5) is 0 Å². The molecule has 7 nitrogen and oxygen atoms in total. The Morgan fingerprint density at radius 3 is 2.62 bits per heavy atom. The van der Waals surface area contributed by atoms with Gasteiger partial charge >= 0.3 is 0 Å². The molecule has 4 aliphatic carbocycles. The highest BCUT2D eigenvalue weighted by Crippen LogP contribution is 2.60. The highest BCUT2D eigenvalue weighted by atomic mass is 32.2. The summed E-state index contributed by atoms with van der Waals surface area (Å²) in [6.45, 7) is 1.91. The van der Waals surface area contributed by atoms with Gasteiger partial charge in [0.1, 0.15) is 0 Å². The molecule has 4 fully saturated rings. The molecule has 4 bridgehead atoms. The third-order valence-electron chi connectivity index (χ3n) is 6.45. The lowest BCUT2D eigenvalue weighted by Crippen LogP contribution is -2.66. The van der Waals surface area contributed by atoms with Crippen LogP contribution in [0.2, 0.25) is 0 Å². The predicted molar refractivity (Wildman–Crippen MR) is 94.7 cm³/mol. The second-order valence-electron chi connectivity index (χ2n) is 8.61. The Bertz CT molecular complexity index is 926. The summed E-state index contributed by atoms with van der Waals surface area (Å²) in [7, 11) is -3.56. The zero-order valence-corrected chi connectivity index (χ0v) is 15.6. The van der Waals surface area contributed by atoms with Crippen molar-refractivity contribution >= 4 is 10.0 Å². The maximum Gasteiger partial charge on any atom is 0.241 e. The minimum absolute atomic E-state index is 0.199. The molecule has 1 N–H and O–H groups in total. The maximum absolute atomic E-state index is 13.1. The van der Waals surface area contributed by atoms with Crippen LogP contribution in [0.15, 0.2) is 35.5 Å². The minimum atomic E-state index is -3.56. The topological polar surface area (TPSA) is 89.8 Å². The summed E-state index contributed by atoms with van der Waals surface area (Å²) in [4.78, 5) is 2.10. The number of rotatable bonds is 4. The Labute approximate surface area is 153 Å². The van der Waals surface area contributed by atoms with E-state index in [2.05, 4.69) is 20.1 Å². The molecule has 0 saturated heterocycles. The van der Waals surface area contributed by atoms with Crippen molar-refractivity contribution in [1.29, 1.82) is 0 Å². The Morgan fingerprint density at radius 1 is 1.19 bits per heavy atom. The van der Waals surface area contributed by atoms with Gasteiger partial charge in [0.2, 0.25) is 10.0 Å². The lowest BCUT2D eigenvalue weighted by atomic mass is 9.50. The second-order valence-corrected chi connectivity index (χ2v) is 10.3. The van der Waals surface area contributed by atoms with Crippen LogP contribution < -0.4 is 4.72 Å². The van der Waals surface area contributed by atoms with Crippen molar-refractivity contribution in [2.75, 3.05) is 0 Å². The van der Waals surface area contributed by atoms with Crippen LogP contribution >= 0.6 is 0 Å². The van der Waals surface area contributed by atoms with E-state index in [-0.39, 0.29) is 5.54 Å². The van der Waals surface area contributed by atoms with Crippen molar-refractivity contribution in [1.82, 2.24) is 24.9 Å². The summed E-state index contributed by atoms with van der Waals surface area (Å²) >= 11 is 0. The average molecular weight is 373 g/mol. The molecule has 2 atom stereocenters. The van der Waals surface area contributed by atoms with Gasteiger partial charge in [-0.25, -0.2) is 13.1 Å². The molecule has 0 radical (unpaired) electrons. The lowest BCUT2D eigenvalue weighted by Gasteiger charge is -2.61. The SMILES string of the molecule is Cc1cccc(S(=O)(=O)NC23CC4CC(C2)CC(n2ncnn2)(C4)C3)c1. The first-order valence-corrected chi connectivity index (χ1v) is 10.7. The van der Waals surface area contributed by atoms with Crippen molar-refractivity contribution in [3.8, 4) is 0 Å². The van der Waals surface area contributed by atoms with Gasteiger partial charge in [0.15, 0.2) is 6.33 Å². The van der Waals surface area contributed by atoms with Gasteiger partial charge in [-0.05, 0) is 80.2 Å². The molecular weight excluding hydrogens is 350 g/mol. The van der Waals surface area contributed by atoms with Crippen LogP contribution in [0.5, 0.6) is 0 Å². The third-order valence-corrected chi connectivity index (χ3v) is 8.03. The monoisotopic (exact) mass is 373 g/mol. The number of nitrogens with zero attached hydrogens (tertiary/aromatic N) is 4. The molecule has 8 heteroatoms. The number of nitrogens with one attached hydrogen (secondary N) is 1. The van der Waals surface area contributed by atoms with Gasteiger partial charge in [0, 0.05) is 5.54 Å². The third kappa shape index (κ3) is 2.50. The van der Waals surface area contributed by atoms with E-state index >= 15 is 0 Å². The Kier molecular flexibility index (Phi) is 3.37. The Hall–Kier alpha value is -1.80. The van der Waals surface area contributed by atoms with Crippen molar-refractivity contribution in [2.45, 2.75) is 61.4 Å². The second kappa shape index (κ2) is 5.36. The van der Waals surface area contributed by atoms with Crippen molar-refractivity contribution < 1.29 is 8.42 Å². The van der Waals surface area contributed by atoms with E-state index in [0.717, 1.165) is 37.7 Å². The lowest BCUT2D eigenvalue weighted by molar-refractivity contribution is -0.0768. The van der Waals surface area contributed by atoms with E-state index in [1.807, 2.05) is 13.0 Å². The average Bonchev–Trinajstić information content (AvgIpc) is 3.08. The largest absolute Gasteiger partial charge is 0.241 e. The Balaban J connectivity index is 1.51. The predicted octanol–water partition coefficient (Wildman–Crippen LogP) is 2.01. The zero-order chi connectivity index (χ0) is 18.0. The van der Waals surface area contributed by atoms with E-state index in [9.17, 15) is 8.42 Å². The molecule has 4 aliphatic rings. The number of aryl methyl sites for hydroxylation is 1. The fourth-order valence-electron chi connectivity index (χ4n) is 6.08. The standard InChI is InChI=1S/C18H23N5O2S/c1-13-3-2-4-16(5-13)26(24,25)21-17-7-14-6-15(8-17)10-18(9-14,11-17)23-20-12-19-22-23/h2-5,12,14-15,21H,6-11H2,1H3. The summed E-state index contributed by atoms with van der Waals surface area (Å²) in [5.41, 5.74) is 0.345. The molecule has 6 rings (SSSR count). The molecule has 1 aromatic carbocycles. The molecule has 1 heterocycles. The van der Waals surface area contributed by atoms with Crippen LogP contribution in [0.1, 0.15) is 44.1 Å². The first kappa shape index (κ1) is 16.4. The summed E-state index contributed by atoms with van der Waals surface area (Å²) < 4.78 is 29.3. The number of aromatic nitrogens is 4. The van der Waals surface area contributed by atoms with Crippen molar-refractivity contribution in [3.63, 3.8) is 0 Å². The minimum Gasteiger partial charge on any atom is -0.207 e. The van der Waals surface area contributed by atoms with E-state index < -0.39 is 15.6 Å². The molecule has 4 saturated carbocycles. The van der Waals surface area contributed by atoms with Gasteiger partial charge in [0.25, 0.3) is 0 Å². The van der Waals surface area contributed by atoms with E-state index in [4.69, 9.17) is 0 Å². The maximum atomic E-state index is 13.1. The number of tetrazole rings is 1. The van der Waals surface area contributed by atoms with E-state index in [0.29, 0.717) is 16.7 Å². The molecular formula is C18H23N5O2S. The van der Waals surface area contributed by atoms with Crippen LogP contribution in [0.25, 0.3) is 0 Å². The van der Waals surface area contributed by atoms with Gasteiger partial charge in [-0.3, -0.25) is 0 Å². The number of hydrogen-bond donors (Lipinski definition) is 1. The Morgan fingerprint density at radius 2 is 1.96 bits per heavy atom. The van der Waals surface area contributed by atoms with E-state index in [1.54, 1.807) is 23.0 Å². The van der Waals surface area contributed by atoms with Crippen LogP contribution in [-0.2, 0) is 15.6 Å². The van der Waals surface area contributed by atoms with E-state index in [1.165, 1.54) is 12.7 Å². The molecule has 0 amide bonds. The van der Waals surface area contributed by atoms with Crippen molar-refractivity contribution in [3.05, 3.63) is 36.2 Å². The van der Waals surface area contributed by atoms with Crippen LogP contribution in [-0.4, -0.2) is 34.2 Å². The fraction of sp³-hybridized carbons (Fsp3) is 0.611. The highest BCUT2D eigenvalue weighted by Gasteiger charge is 2.60. The molecule has 2 unspecified atom stereocenters. The zero-order valence-electron chi connectivity index (χ0n) is 14.8. The smallest absolute Gasteiger partial charge is 0.207 e. The normalized spacial score (nSPS) is 35.7. The molecule has 26 heavy (non-hydrogen) atoms. The number of benzene rings is 1. The molecule has 2 aromatic rings. The van der Waals surface area contributed by atoms with Gasteiger partial charge in [-0.15, -0.1) is 10.2 Å². The first-order valence-electron chi connectivity index (χ1n) is 9.22.